The van der Waals surface area contributed by atoms with Gasteiger partial charge >= 0.3 is 0 Å². The van der Waals surface area contributed by atoms with Gasteiger partial charge in [0, 0.05) is 22.3 Å². The molecule has 2 aromatic carbocycles. The lowest BCUT2D eigenvalue weighted by Gasteiger charge is -2.07. The van der Waals surface area contributed by atoms with Crippen LogP contribution in [0.25, 0.3) is 0 Å². The van der Waals surface area contributed by atoms with Crippen LogP contribution in [0, 0.1) is 0 Å². The summed E-state index contributed by atoms with van der Waals surface area (Å²) in [6.07, 6.45) is 1.02. The molecule has 0 aromatic heterocycles. The minimum atomic E-state index is -0.127. The van der Waals surface area contributed by atoms with Gasteiger partial charge in [-0.1, -0.05) is 47.1 Å². The Balaban J connectivity index is 2.00. The highest BCUT2D eigenvalue weighted by molar-refractivity contribution is 9.10. The third-order valence-electron chi connectivity index (χ3n) is 3.07. The van der Waals surface area contributed by atoms with Gasteiger partial charge < -0.3 is 11.1 Å². The number of hydrogen-bond donors (Lipinski definition) is 2. The van der Waals surface area contributed by atoms with Crippen LogP contribution in [-0.4, -0.2) is 5.91 Å². The van der Waals surface area contributed by atoms with Gasteiger partial charge in [-0.2, -0.15) is 0 Å². The van der Waals surface area contributed by atoms with Crippen molar-refractivity contribution in [3.8, 4) is 0 Å². The summed E-state index contributed by atoms with van der Waals surface area (Å²) < 4.78 is 0.801. The number of benzene rings is 2. The molecule has 0 spiro atoms. The first kappa shape index (κ1) is 14.6. The molecule has 0 unspecified atom stereocenters. The molecule has 3 N–H and O–H groups in total. The van der Waals surface area contributed by atoms with Crippen molar-refractivity contribution < 1.29 is 4.79 Å². The minimum Gasteiger partial charge on any atom is -0.399 e. The highest BCUT2D eigenvalue weighted by atomic mass is 79.9. The summed E-state index contributed by atoms with van der Waals surface area (Å²) in [5.74, 6) is -0.127. The largest absolute Gasteiger partial charge is 0.399 e. The second-order valence-corrected chi connectivity index (χ2v) is 5.54. The fourth-order valence-electron chi connectivity index (χ4n) is 1.92. The van der Waals surface area contributed by atoms with Gasteiger partial charge in [0.1, 0.15) is 0 Å². The molecule has 0 atom stereocenters. The normalized spacial score (nSPS) is 10.3. The highest BCUT2D eigenvalue weighted by Crippen LogP contribution is 2.17. The monoisotopic (exact) mass is 332 g/mol. The zero-order valence-corrected chi connectivity index (χ0v) is 12.9. The van der Waals surface area contributed by atoms with Crippen LogP contribution in [0.2, 0.25) is 0 Å². The molecule has 0 saturated carbocycles. The number of nitrogen functional groups attached to an aromatic ring is 1. The molecule has 2 rings (SSSR count). The van der Waals surface area contributed by atoms with Crippen LogP contribution in [0.3, 0.4) is 0 Å². The molecule has 2 aromatic rings. The van der Waals surface area contributed by atoms with Crippen LogP contribution >= 0.6 is 15.9 Å². The molecule has 0 aliphatic heterocycles. The van der Waals surface area contributed by atoms with E-state index in [9.17, 15) is 4.79 Å². The molecule has 0 heterocycles. The van der Waals surface area contributed by atoms with Crippen molar-refractivity contribution in [3.63, 3.8) is 0 Å². The molecule has 0 aliphatic rings. The van der Waals surface area contributed by atoms with Gasteiger partial charge in [0.2, 0.25) is 0 Å². The first-order valence-electron chi connectivity index (χ1n) is 6.50. The quantitative estimate of drug-likeness (QED) is 0.841. The maximum atomic E-state index is 12.1. The van der Waals surface area contributed by atoms with Crippen molar-refractivity contribution in [2.75, 3.05) is 5.73 Å². The van der Waals surface area contributed by atoms with Crippen molar-refractivity contribution in [2.24, 2.45) is 0 Å². The number of carbonyl (C=O) groups excluding carboxylic acids is 1. The Hall–Kier alpha value is -1.81. The smallest absolute Gasteiger partial charge is 0.251 e. The molecular weight excluding hydrogens is 316 g/mol. The number of anilines is 1. The van der Waals surface area contributed by atoms with Gasteiger partial charge in [-0.3, -0.25) is 4.79 Å². The third kappa shape index (κ3) is 3.84. The molecule has 20 heavy (non-hydrogen) atoms. The Morgan fingerprint density at radius 1 is 1.15 bits per heavy atom. The molecular formula is C16H17BrN2O. The molecule has 0 radical (unpaired) electrons. The predicted octanol–water partition coefficient (Wildman–Crippen LogP) is 3.52. The molecule has 0 aliphatic carbocycles. The molecule has 1 amide bonds. The van der Waals surface area contributed by atoms with Gasteiger partial charge in [-0.05, 0) is 35.7 Å². The number of hydrogen-bond acceptors (Lipinski definition) is 2. The molecule has 104 valence electrons. The fourth-order valence-corrected chi connectivity index (χ4v) is 2.43. The lowest BCUT2D eigenvalue weighted by molar-refractivity contribution is 0.0951. The van der Waals surface area contributed by atoms with Crippen LogP contribution in [0.5, 0.6) is 0 Å². The number of amides is 1. The average Bonchev–Trinajstić information content (AvgIpc) is 2.44. The van der Waals surface area contributed by atoms with Crippen molar-refractivity contribution in [2.45, 2.75) is 19.9 Å². The topological polar surface area (TPSA) is 55.1 Å². The van der Waals surface area contributed by atoms with E-state index in [1.807, 2.05) is 12.1 Å². The lowest BCUT2D eigenvalue weighted by Crippen LogP contribution is -2.22. The zero-order valence-electron chi connectivity index (χ0n) is 11.3. The van der Waals surface area contributed by atoms with E-state index in [1.54, 1.807) is 18.2 Å². The minimum absolute atomic E-state index is 0.127. The van der Waals surface area contributed by atoms with E-state index in [0.29, 0.717) is 17.8 Å². The molecule has 4 heteroatoms. The van der Waals surface area contributed by atoms with Crippen molar-refractivity contribution in [3.05, 3.63) is 63.6 Å². The Morgan fingerprint density at radius 3 is 2.40 bits per heavy atom. The van der Waals surface area contributed by atoms with Crippen molar-refractivity contribution >= 4 is 27.5 Å². The van der Waals surface area contributed by atoms with Crippen molar-refractivity contribution in [1.82, 2.24) is 5.32 Å². The number of nitrogens with two attached hydrogens (primary N) is 1. The summed E-state index contributed by atoms with van der Waals surface area (Å²) in [6.45, 7) is 2.63. The summed E-state index contributed by atoms with van der Waals surface area (Å²) in [6, 6.07) is 13.4. The van der Waals surface area contributed by atoms with Gasteiger partial charge in [-0.15, -0.1) is 0 Å². The summed E-state index contributed by atoms with van der Waals surface area (Å²) in [5, 5.41) is 2.89. The standard InChI is InChI=1S/C16H17BrN2O/c1-2-11-3-5-12(6-4-11)10-19-16(20)13-7-14(17)9-15(18)8-13/h3-9H,2,10,18H2,1H3,(H,19,20). The Bertz CT molecular complexity index is 588. The van der Waals surface area contributed by atoms with E-state index < -0.39 is 0 Å². The first-order valence-corrected chi connectivity index (χ1v) is 7.30. The number of nitrogens with one attached hydrogen (secondary N) is 1. The molecule has 0 saturated heterocycles. The second-order valence-electron chi connectivity index (χ2n) is 4.63. The van der Waals surface area contributed by atoms with E-state index in [2.05, 4.69) is 40.3 Å². The first-order chi connectivity index (χ1) is 9.58. The summed E-state index contributed by atoms with van der Waals surface area (Å²) >= 11 is 3.33. The van der Waals surface area contributed by atoms with Crippen LogP contribution in [0.1, 0.15) is 28.4 Å². The van der Waals surface area contributed by atoms with Crippen LogP contribution in [0.4, 0.5) is 5.69 Å². The van der Waals surface area contributed by atoms with Gasteiger partial charge in [0.15, 0.2) is 0 Å². The summed E-state index contributed by atoms with van der Waals surface area (Å²) in [7, 11) is 0. The van der Waals surface area contributed by atoms with Crippen LogP contribution in [0.15, 0.2) is 46.9 Å². The van der Waals surface area contributed by atoms with Crippen LogP contribution in [-0.2, 0) is 13.0 Å². The molecule has 0 fully saturated rings. The van der Waals surface area contributed by atoms with E-state index in [4.69, 9.17) is 5.73 Å². The average molecular weight is 333 g/mol. The second kappa shape index (κ2) is 6.57. The summed E-state index contributed by atoms with van der Waals surface area (Å²) in [4.78, 5) is 12.1. The van der Waals surface area contributed by atoms with Gasteiger partial charge in [0.25, 0.3) is 5.91 Å². The van der Waals surface area contributed by atoms with E-state index in [0.717, 1.165) is 16.5 Å². The number of halogens is 1. The third-order valence-corrected chi connectivity index (χ3v) is 3.52. The Kier molecular flexibility index (Phi) is 4.79. The Morgan fingerprint density at radius 2 is 1.80 bits per heavy atom. The number of aryl methyl sites for hydroxylation is 1. The van der Waals surface area contributed by atoms with Crippen molar-refractivity contribution in [1.29, 1.82) is 0 Å². The van der Waals surface area contributed by atoms with Gasteiger partial charge in [-0.25, -0.2) is 0 Å². The zero-order chi connectivity index (χ0) is 14.5. The van der Waals surface area contributed by atoms with Gasteiger partial charge in [0.05, 0.1) is 0 Å². The maximum Gasteiger partial charge on any atom is 0.251 e. The van der Waals surface area contributed by atoms with E-state index >= 15 is 0 Å². The lowest BCUT2D eigenvalue weighted by atomic mass is 10.1. The van der Waals surface area contributed by atoms with E-state index in [1.165, 1.54) is 5.56 Å². The van der Waals surface area contributed by atoms with E-state index in [-0.39, 0.29) is 5.91 Å². The maximum absolute atomic E-state index is 12.1. The Labute approximate surface area is 127 Å². The summed E-state index contributed by atoms with van der Waals surface area (Å²) in [5.41, 5.74) is 9.22. The SMILES string of the molecule is CCc1ccc(CNC(=O)c2cc(N)cc(Br)c2)cc1. The number of rotatable bonds is 4. The van der Waals surface area contributed by atoms with Crippen LogP contribution < -0.4 is 11.1 Å². The highest BCUT2D eigenvalue weighted by Gasteiger charge is 2.07. The molecule has 0 bridgehead atoms. The molecule has 3 nitrogen and oxygen atoms in total. The predicted molar refractivity (Wildman–Crippen MR) is 85.5 cm³/mol. The number of carbonyl (C=O) groups is 1. The fraction of sp³-hybridized carbons (Fsp3) is 0.188.